The van der Waals surface area contributed by atoms with Crippen molar-refractivity contribution in [2.45, 2.75) is 19.3 Å². The van der Waals surface area contributed by atoms with Gasteiger partial charge in [-0.3, -0.25) is 9.59 Å². The number of carbonyl (C=O) groups is 2. The smallest absolute Gasteiger partial charge is 0.248 e. The van der Waals surface area contributed by atoms with E-state index in [0.29, 0.717) is 5.56 Å². The van der Waals surface area contributed by atoms with Crippen LogP contribution in [0.1, 0.15) is 29.8 Å². The molecule has 0 saturated heterocycles. The lowest BCUT2D eigenvalue weighted by molar-refractivity contribution is -0.121. The highest BCUT2D eigenvalue weighted by molar-refractivity contribution is 6.08. The zero-order valence-corrected chi connectivity index (χ0v) is 9.57. The van der Waals surface area contributed by atoms with Crippen LogP contribution in [-0.4, -0.2) is 18.9 Å². The molecule has 1 aliphatic rings. The average molecular weight is 218 g/mol. The van der Waals surface area contributed by atoms with Gasteiger partial charge in [0, 0.05) is 18.3 Å². The zero-order valence-electron chi connectivity index (χ0n) is 9.57. The molecule has 1 heterocycles. The predicted molar refractivity (Wildman–Crippen MR) is 61.4 cm³/mol. The van der Waals surface area contributed by atoms with Crippen LogP contribution in [0.15, 0.2) is 18.2 Å². The summed E-state index contributed by atoms with van der Waals surface area (Å²) in [7, 11) is 1.74. The van der Waals surface area contributed by atoms with E-state index in [2.05, 4.69) is 0 Å². The van der Waals surface area contributed by atoms with Gasteiger partial charge in [-0.15, -0.1) is 0 Å². The lowest BCUT2D eigenvalue weighted by Gasteiger charge is -2.16. The standard InChI is InChI=1S/C12H14N2O2/c1-12(2)8-6-7(10(13)15)4-5-9(8)14(3)11(12)16/h4-6H,1-3H3,(H2,13,15). The molecule has 1 aromatic rings. The summed E-state index contributed by atoms with van der Waals surface area (Å²) in [6.07, 6.45) is 0. The molecule has 0 atom stereocenters. The highest BCUT2D eigenvalue weighted by atomic mass is 16.2. The van der Waals surface area contributed by atoms with E-state index in [4.69, 9.17) is 5.73 Å². The van der Waals surface area contributed by atoms with Gasteiger partial charge in [-0.25, -0.2) is 0 Å². The minimum absolute atomic E-state index is 0.0316. The maximum atomic E-state index is 12.0. The van der Waals surface area contributed by atoms with E-state index in [1.165, 1.54) is 0 Å². The maximum absolute atomic E-state index is 12.0. The summed E-state index contributed by atoms with van der Waals surface area (Å²) in [5, 5.41) is 0. The first kappa shape index (κ1) is 10.7. The molecule has 0 unspecified atom stereocenters. The summed E-state index contributed by atoms with van der Waals surface area (Å²) < 4.78 is 0. The Kier molecular flexibility index (Phi) is 2.05. The number of fused-ring (bicyclic) bond motifs is 1. The van der Waals surface area contributed by atoms with Gasteiger partial charge in [0.1, 0.15) is 0 Å². The molecule has 1 aromatic carbocycles. The largest absolute Gasteiger partial charge is 0.366 e. The molecule has 0 bridgehead atoms. The van der Waals surface area contributed by atoms with E-state index in [1.807, 2.05) is 13.8 Å². The van der Waals surface area contributed by atoms with Crippen LogP contribution in [0.25, 0.3) is 0 Å². The third kappa shape index (κ3) is 1.23. The maximum Gasteiger partial charge on any atom is 0.248 e. The van der Waals surface area contributed by atoms with Crippen LogP contribution < -0.4 is 10.6 Å². The van der Waals surface area contributed by atoms with E-state index < -0.39 is 11.3 Å². The summed E-state index contributed by atoms with van der Waals surface area (Å²) >= 11 is 0. The summed E-state index contributed by atoms with van der Waals surface area (Å²) in [6.45, 7) is 3.70. The third-order valence-corrected chi connectivity index (χ3v) is 3.16. The predicted octanol–water partition coefficient (Wildman–Crippen LogP) is 1.04. The second kappa shape index (κ2) is 3.07. The Morgan fingerprint density at radius 2 is 2.00 bits per heavy atom. The van der Waals surface area contributed by atoms with Gasteiger partial charge < -0.3 is 10.6 Å². The molecule has 2 amide bonds. The topological polar surface area (TPSA) is 63.4 Å². The number of primary amides is 1. The van der Waals surface area contributed by atoms with Crippen molar-refractivity contribution in [1.82, 2.24) is 0 Å². The summed E-state index contributed by atoms with van der Waals surface area (Å²) in [5.41, 5.74) is 6.79. The van der Waals surface area contributed by atoms with Crippen LogP contribution in [0.5, 0.6) is 0 Å². The van der Waals surface area contributed by atoms with Gasteiger partial charge in [0.2, 0.25) is 11.8 Å². The Labute approximate surface area is 94.0 Å². The molecule has 1 aliphatic heterocycles. The molecular formula is C12H14N2O2. The van der Waals surface area contributed by atoms with Gasteiger partial charge in [0.25, 0.3) is 0 Å². The van der Waals surface area contributed by atoms with Crippen molar-refractivity contribution >= 4 is 17.5 Å². The van der Waals surface area contributed by atoms with Gasteiger partial charge in [-0.05, 0) is 37.6 Å². The lowest BCUT2D eigenvalue weighted by Crippen LogP contribution is -2.33. The summed E-state index contributed by atoms with van der Waals surface area (Å²) in [6, 6.07) is 5.12. The number of nitrogens with two attached hydrogens (primary N) is 1. The molecule has 4 nitrogen and oxygen atoms in total. The van der Waals surface area contributed by atoms with Gasteiger partial charge in [-0.2, -0.15) is 0 Å². The second-order valence-electron chi connectivity index (χ2n) is 4.59. The third-order valence-electron chi connectivity index (χ3n) is 3.16. The molecule has 0 spiro atoms. The van der Waals surface area contributed by atoms with E-state index in [9.17, 15) is 9.59 Å². The molecule has 0 aliphatic carbocycles. The number of nitrogens with zero attached hydrogens (tertiary/aromatic N) is 1. The van der Waals surface area contributed by atoms with Crippen LogP contribution in [0.4, 0.5) is 5.69 Å². The Morgan fingerprint density at radius 3 is 2.56 bits per heavy atom. The van der Waals surface area contributed by atoms with Crippen LogP contribution in [0, 0.1) is 0 Å². The number of hydrogen-bond donors (Lipinski definition) is 1. The fraction of sp³-hybridized carbons (Fsp3) is 0.333. The number of amides is 2. The van der Waals surface area contributed by atoms with Crippen LogP contribution in [0.2, 0.25) is 0 Å². The second-order valence-corrected chi connectivity index (χ2v) is 4.59. The molecule has 2 N–H and O–H groups in total. The summed E-state index contributed by atoms with van der Waals surface area (Å²) in [4.78, 5) is 24.7. The fourth-order valence-corrected chi connectivity index (χ4v) is 2.13. The fourth-order valence-electron chi connectivity index (χ4n) is 2.13. The SMILES string of the molecule is CN1C(=O)C(C)(C)c2cc(C(N)=O)ccc21. The molecule has 0 saturated carbocycles. The van der Waals surface area contributed by atoms with Crippen molar-refractivity contribution in [3.05, 3.63) is 29.3 Å². The van der Waals surface area contributed by atoms with Crippen LogP contribution >= 0.6 is 0 Å². The Hall–Kier alpha value is -1.84. The molecule has 4 heteroatoms. The first-order valence-electron chi connectivity index (χ1n) is 5.08. The van der Waals surface area contributed by atoms with Crippen molar-refractivity contribution in [2.75, 3.05) is 11.9 Å². The number of benzene rings is 1. The summed E-state index contributed by atoms with van der Waals surface area (Å²) in [5.74, 6) is -0.440. The molecular weight excluding hydrogens is 204 g/mol. The number of hydrogen-bond acceptors (Lipinski definition) is 2. The Bertz CT molecular complexity index is 492. The van der Waals surface area contributed by atoms with E-state index >= 15 is 0 Å². The van der Waals surface area contributed by atoms with Crippen molar-refractivity contribution < 1.29 is 9.59 Å². The van der Waals surface area contributed by atoms with E-state index in [0.717, 1.165) is 11.3 Å². The van der Waals surface area contributed by atoms with E-state index in [1.54, 1.807) is 30.1 Å². The number of rotatable bonds is 1. The normalized spacial score (nSPS) is 17.4. The number of carbonyl (C=O) groups excluding carboxylic acids is 2. The van der Waals surface area contributed by atoms with Gasteiger partial charge >= 0.3 is 0 Å². The first-order chi connectivity index (χ1) is 7.35. The molecule has 0 radical (unpaired) electrons. The molecule has 84 valence electrons. The zero-order chi connectivity index (χ0) is 12.1. The van der Waals surface area contributed by atoms with Crippen molar-refractivity contribution in [1.29, 1.82) is 0 Å². The van der Waals surface area contributed by atoms with E-state index in [-0.39, 0.29) is 5.91 Å². The lowest BCUT2D eigenvalue weighted by atomic mass is 9.85. The number of anilines is 1. The minimum atomic E-state index is -0.588. The van der Waals surface area contributed by atoms with Gasteiger partial charge in [0.15, 0.2) is 0 Å². The Morgan fingerprint density at radius 1 is 1.38 bits per heavy atom. The van der Waals surface area contributed by atoms with Crippen LogP contribution in [0.3, 0.4) is 0 Å². The van der Waals surface area contributed by atoms with Crippen molar-refractivity contribution in [3.8, 4) is 0 Å². The minimum Gasteiger partial charge on any atom is -0.366 e. The van der Waals surface area contributed by atoms with Crippen molar-refractivity contribution in [3.63, 3.8) is 0 Å². The van der Waals surface area contributed by atoms with Crippen molar-refractivity contribution in [2.24, 2.45) is 5.73 Å². The highest BCUT2D eigenvalue weighted by Crippen LogP contribution is 2.40. The molecule has 0 fully saturated rings. The Balaban J connectivity index is 2.65. The molecule has 0 aromatic heterocycles. The van der Waals surface area contributed by atoms with Crippen LogP contribution in [-0.2, 0) is 10.2 Å². The first-order valence-corrected chi connectivity index (χ1v) is 5.08. The highest BCUT2D eigenvalue weighted by Gasteiger charge is 2.42. The van der Waals surface area contributed by atoms with Gasteiger partial charge in [0.05, 0.1) is 5.41 Å². The monoisotopic (exact) mass is 218 g/mol. The molecule has 2 rings (SSSR count). The quantitative estimate of drug-likeness (QED) is 0.765. The number of likely N-dealkylation sites (N-methyl/N-ethyl adjacent to an activating group) is 1. The van der Waals surface area contributed by atoms with Gasteiger partial charge in [-0.1, -0.05) is 0 Å². The average Bonchev–Trinajstić information content (AvgIpc) is 2.40. The molecule has 16 heavy (non-hydrogen) atoms.